The van der Waals surface area contributed by atoms with Gasteiger partial charge >= 0.3 is 17.9 Å². The molecular formula is C37H58O6. The predicted molar refractivity (Wildman–Crippen MR) is 176 cm³/mol. The number of hydrogen-bond donors (Lipinski definition) is 0. The molecule has 1 aromatic carbocycles. The minimum absolute atomic E-state index is 0.245. The second-order valence-electron chi connectivity index (χ2n) is 11.5. The second-order valence-corrected chi connectivity index (χ2v) is 11.5. The third-order valence-electron chi connectivity index (χ3n) is 6.91. The van der Waals surface area contributed by atoms with Crippen LogP contribution in [0.5, 0.6) is 0 Å². The van der Waals surface area contributed by atoms with E-state index < -0.39 is 0 Å². The first-order chi connectivity index (χ1) is 20.6. The molecule has 0 radical (unpaired) electrons. The number of benzene rings is 1. The lowest BCUT2D eigenvalue weighted by atomic mass is 9.90. The van der Waals surface area contributed by atoms with E-state index >= 15 is 0 Å². The fourth-order valence-corrected chi connectivity index (χ4v) is 4.22. The number of ether oxygens (including phenoxy) is 3. The Morgan fingerprint density at radius 2 is 1.12 bits per heavy atom. The Morgan fingerprint density at radius 3 is 1.63 bits per heavy atom. The number of rotatable bonds is 17. The first-order valence-corrected chi connectivity index (χ1v) is 16.1. The van der Waals surface area contributed by atoms with E-state index in [1.165, 1.54) is 77.0 Å². The van der Waals surface area contributed by atoms with Gasteiger partial charge in [-0.05, 0) is 51.5 Å². The molecule has 2 rings (SSSR count). The van der Waals surface area contributed by atoms with Crippen LogP contribution in [0.3, 0.4) is 0 Å². The molecule has 6 nitrogen and oxygen atoms in total. The molecular weight excluding hydrogens is 540 g/mol. The highest BCUT2D eigenvalue weighted by molar-refractivity contribution is 5.87. The van der Waals surface area contributed by atoms with Crippen molar-refractivity contribution in [2.24, 2.45) is 5.92 Å². The van der Waals surface area contributed by atoms with Gasteiger partial charge in [0.25, 0.3) is 0 Å². The van der Waals surface area contributed by atoms with Crippen LogP contribution in [0.4, 0.5) is 0 Å². The van der Waals surface area contributed by atoms with Crippen molar-refractivity contribution in [1.29, 1.82) is 0 Å². The maximum Gasteiger partial charge on any atom is 0.333 e. The average molecular weight is 599 g/mol. The van der Waals surface area contributed by atoms with E-state index in [0.717, 1.165) is 18.4 Å². The Balaban J connectivity index is 0.000000622. The molecule has 43 heavy (non-hydrogen) atoms. The predicted octanol–water partition coefficient (Wildman–Crippen LogP) is 9.63. The zero-order valence-electron chi connectivity index (χ0n) is 27.6. The maximum atomic E-state index is 11.1. The summed E-state index contributed by atoms with van der Waals surface area (Å²) in [4.78, 5) is 33.1. The summed E-state index contributed by atoms with van der Waals surface area (Å²) >= 11 is 0. The fourth-order valence-electron chi connectivity index (χ4n) is 4.22. The highest BCUT2D eigenvalue weighted by atomic mass is 16.5. The summed E-state index contributed by atoms with van der Waals surface area (Å²) in [6, 6.07) is 9.55. The summed E-state index contributed by atoms with van der Waals surface area (Å²) < 4.78 is 15.1. The summed E-state index contributed by atoms with van der Waals surface area (Å²) in [5.41, 5.74) is 2.39. The first-order valence-electron chi connectivity index (χ1n) is 16.1. The van der Waals surface area contributed by atoms with Gasteiger partial charge in [0.1, 0.15) is 6.61 Å². The molecule has 1 saturated carbocycles. The van der Waals surface area contributed by atoms with Gasteiger partial charge in [0.15, 0.2) is 0 Å². The standard InChI is InChI=1S/C15H28O2.C11H18O2.C11H12O2/c1-4-5-6-7-8-9-10-11-12-13-17-15(16)14(2)3;2*1-9(2)11(12)13-8-10-6-4-3-5-7-10/h2,4-13H2,1,3H3;10H,1,3-8H2,2H3;3-7H,1,8H2,2H3. The van der Waals surface area contributed by atoms with Crippen molar-refractivity contribution in [1.82, 2.24) is 0 Å². The molecule has 0 amide bonds. The summed E-state index contributed by atoms with van der Waals surface area (Å²) in [7, 11) is 0. The molecule has 0 heterocycles. The molecule has 1 aliphatic rings. The molecule has 0 bridgehead atoms. The van der Waals surface area contributed by atoms with Crippen LogP contribution in [0, 0.1) is 5.92 Å². The van der Waals surface area contributed by atoms with Crippen LogP contribution in [0.15, 0.2) is 66.8 Å². The van der Waals surface area contributed by atoms with Crippen molar-refractivity contribution in [3.63, 3.8) is 0 Å². The lowest BCUT2D eigenvalue weighted by Gasteiger charge is -2.20. The third kappa shape index (κ3) is 24.0. The highest BCUT2D eigenvalue weighted by Gasteiger charge is 2.15. The Kier molecular flexibility index (Phi) is 24.5. The average Bonchev–Trinajstić information content (AvgIpc) is 3.01. The van der Waals surface area contributed by atoms with Crippen LogP contribution in [0.2, 0.25) is 0 Å². The molecule has 0 aliphatic heterocycles. The molecule has 0 atom stereocenters. The summed E-state index contributed by atoms with van der Waals surface area (Å²) in [6.45, 7) is 19.3. The quantitative estimate of drug-likeness (QED) is 0.0769. The van der Waals surface area contributed by atoms with Gasteiger partial charge in [0.05, 0.1) is 13.2 Å². The first kappa shape index (κ1) is 39.8. The van der Waals surface area contributed by atoms with Gasteiger partial charge in [-0.2, -0.15) is 0 Å². The van der Waals surface area contributed by atoms with Crippen molar-refractivity contribution in [2.45, 2.75) is 124 Å². The largest absolute Gasteiger partial charge is 0.462 e. The van der Waals surface area contributed by atoms with E-state index in [0.29, 0.717) is 42.5 Å². The number of carbonyl (C=O) groups excluding carboxylic acids is 3. The molecule has 0 aromatic heterocycles. The number of carbonyl (C=O) groups is 3. The molecule has 1 aromatic rings. The number of unbranched alkanes of at least 4 members (excludes halogenated alkanes) is 8. The Morgan fingerprint density at radius 1 is 0.651 bits per heavy atom. The van der Waals surface area contributed by atoms with E-state index in [4.69, 9.17) is 14.2 Å². The van der Waals surface area contributed by atoms with E-state index in [2.05, 4.69) is 26.7 Å². The van der Waals surface area contributed by atoms with Crippen LogP contribution < -0.4 is 0 Å². The summed E-state index contributed by atoms with van der Waals surface area (Å²) in [5.74, 6) is -0.254. The van der Waals surface area contributed by atoms with E-state index in [1.807, 2.05) is 30.3 Å². The van der Waals surface area contributed by atoms with Gasteiger partial charge in [0, 0.05) is 16.7 Å². The molecule has 0 N–H and O–H groups in total. The van der Waals surface area contributed by atoms with Gasteiger partial charge in [-0.1, -0.05) is 128 Å². The molecule has 6 heteroatoms. The number of hydrogen-bond acceptors (Lipinski definition) is 6. The van der Waals surface area contributed by atoms with Gasteiger partial charge < -0.3 is 14.2 Å². The van der Waals surface area contributed by atoms with E-state index in [9.17, 15) is 14.4 Å². The summed E-state index contributed by atoms with van der Waals surface area (Å²) in [5, 5.41) is 0. The maximum absolute atomic E-state index is 11.1. The Labute approximate surface area is 262 Å². The zero-order valence-corrected chi connectivity index (χ0v) is 27.6. The van der Waals surface area contributed by atoms with Gasteiger partial charge in [-0.25, -0.2) is 14.4 Å². The van der Waals surface area contributed by atoms with E-state index in [-0.39, 0.29) is 17.9 Å². The van der Waals surface area contributed by atoms with Crippen molar-refractivity contribution in [3.05, 3.63) is 72.4 Å². The fraction of sp³-hybridized carbons (Fsp3) is 0.595. The van der Waals surface area contributed by atoms with Crippen molar-refractivity contribution >= 4 is 17.9 Å². The highest BCUT2D eigenvalue weighted by Crippen LogP contribution is 2.23. The number of esters is 3. The third-order valence-corrected chi connectivity index (χ3v) is 6.91. The molecule has 0 unspecified atom stereocenters. The van der Waals surface area contributed by atoms with Crippen LogP contribution in [0.25, 0.3) is 0 Å². The topological polar surface area (TPSA) is 78.9 Å². The molecule has 0 spiro atoms. The Hall–Kier alpha value is -3.15. The summed E-state index contributed by atoms with van der Waals surface area (Å²) in [6.07, 6.45) is 17.9. The minimum atomic E-state index is -0.344. The van der Waals surface area contributed by atoms with Crippen molar-refractivity contribution < 1.29 is 28.6 Å². The van der Waals surface area contributed by atoms with Crippen LogP contribution in [0.1, 0.15) is 123 Å². The SMILES string of the molecule is C=C(C)C(=O)OCC1CCCCC1.C=C(C)C(=O)OCCCCCCCCCCC.C=C(C)C(=O)OCc1ccccc1. The lowest BCUT2D eigenvalue weighted by molar-refractivity contribution is -0.141. The van der Waals surface area contributed by atoms with Crippen LogP contribution >= 0.6 is 0 Å². The van der Waals surface area contributed by atoms with Crippen molar-refractivity contribution in [2.75, 3.05) is 13.2 Å². The second kappa shape index (κ2) is 26.5. The molecule has 0 saturated heterocycles. The molecule has 1 aliphatic carbocycles. The zero-order chi connectivity index (χ0) is 32.3. The van der Waals surface area contributed by atoms with Gasteiger partial charge in [-0.15, -0.1) is 0 Å². The molecule has 1 fully saturated rings. The van der Waals surface area contributed by atoms with Gasteiger partial charge in [-0.3, -0.25) is 0 Å². The minimum Gasteiger partial charge on any atom is -0.462 e. The Bertz CT molecular complexity index is 943. The van der Waals surface area contributed by atoms with E-state index in [1.54, 1.807) is 20.8 Å². The monoisotopic (exact) mass is 598 g/mol. The molecule has 242 valence electrons. The normalized spacial score (nSPS) is 12.4. The van der Waals surface area contributed by atoms with Crippen LogP contribution in [-0.2, 0) is 35.2 Å². The lowest BCUT2D eigenvalue weighted by Crippen LogP contribution is -2.16. The van der Waals surface area contributed by atoms with Gasteiger partial charge in [0.2, 0.25) is 0 Å². The van der Waals surface area contributed by atoms with Crippen molar-refractivity contribution in [3.8, 4) is 0 Å². The van der Waals surface area contributed by atoms with Crippen LogP contribution in [-0.4, -0.2) is 31.1 Å². The smallest absolute Gasteiger partial charge is 0.333 e.